The summed E-state index contributed by atoms with van der Waals surface area (Å²) in [5, 5.41) is 10.6. The second-order valence-electron chi connectivity index (χ2n) is 11.5. The first kappa shape index (κ1) is 29.4. The zero-order valence-corrected chi connectivity index (χ0v) is 25.7. The number of morpholine rings is 1. The normalized spacial score (nSPS) is 14.9. The number of amides is 1. The first-order chi connectivity index (χ1) is 21.3. The van der Waals surface area contributed by atoms with Crippen LogP contribution >= 0.6 is 0 Å². The lowest BCUT2D eigenvalue weighted by Gasteiger charge is -2.31. The van der Waals surface area contributed by atoms with Gasteiger partial charge in [0.15, 0.2) is 0 Å². The molecule has 0 spiro atoms. The molecule has 2 aliphatic rings. The number of aromatic nitrogens is 2. The van der Waals surface area contributed by atoms with Crippen LogP contribution in [0, 0.1) is 0 Å². The van der Waals surface area contributed by atoms with Crippen molar-refractivity contribution in [2.45, 2.75) is 13.0 Å². The molecule has 4 heterocycles. The summed E-state index contributed by atoms with van der Waals surface area (Å²) in [6.07, 6.45) is 4.31. The summed E-state index contributed by atoms with van der Waals surface area (Å²) in [4.78, 5) is 39.5. The molecule has 44 heavy (non-hydrogen) atoms. The van der Waals surface area contributed by atoms with Crippen molar-refractivity contribution in [1.82, 2.24) is 9.55 Å². The maximum atomic E-state index is 13.7. The van der Waals surface area contributed by atoms with Crippen LogP contribution in [0.15, 0.2) is 71.8 Å². The number of anilines is 5. The van der Waals surface area contributed by atoms with E-state index in [1.54, 1.807) is 27.6 Å². The minimum atomic E-state index is -0.264. The minimum Gasteiger partial charge on any atom is -0.392 e. The number of carbonyl (C=O) groups is 1. The fraction of sp³-hybridized carbons (Fsp3) is 0.324. The number of ether oxygens (including phenoxy) is 1. The van der Waals surface area contributed by atoms with Crippen LogP contribution in [0.25, 0.3) is 11.1 Å². The summed E-state index contributed by atoms with van der Waals surface area (Å²) in [6.45, 7) is 3.26. The molecule has 0 unspecified atom stereocenters. The van der Waals surface area contributed by atoms with Gasteiger partial charge in [0.05, 0.1) is 37.4 Å². The van der Waals surface area contributed by atoms with Crippen molar-refractivity contribution in [3.63, 3.8) is 0 Å². The number of aryl methyl sites for hydroxylation is 1. The molecule has 2 aromatic heterocycles. The van der Waals surface area contributed by atoms with Crippen LogP contribution in [0.5, 0.6) is 0 Å². The fourth-order valence-electron chi connectivity index (χ4n) is 6.04. The van der Waals surface area contributed by atoms with Crippen molar-refractivity contribution in [3.8, 4) is 11.1 Å². The number of carbonyl (C=O) groups excluding carboxylic acids is 1. The van der Waals surface area contributed by atoms with Gasteiger partial charge in [-0.2, -0.15) is 0 Å². The number of benzene rings is 2. The second kappa shape index (κ2) is 12.1. The van der Waals surface area contributed by atoms with E-state index in [9.17, 15) is 14.7 Å². The summed E-state index contributed by atoms with van der Waals surface area (Å²) < 4.78 is 7.00. The van der Waals surface area contributed by atoms with Gasteiger partial charge in [0.1, 0.15) is 11.5 Å². The quantitative estimate of drug-likeness (QED) is 0.345. The average Bonchev–Trinajstić information content (AvgIpc) is 3.05. The average molecular weight is 595 g/mol. The van der Waals surface area contributed by atoms with E-state index in [4.69, 9.17) is 4.74 Å². The van der Waals surface area contributed by atoms with E-state index < -0.39 is 0 Å². The Morgan fingerprint density at radius 3 is 2.45 bits per heavy atom. The highest BCUT2D eigenvalue weighted by molar-refractivity contribution is 6.09. The number of pyridine rings is 2. The minimum absolute atomic E-state index is 0.0871. The van der Waals surface area contributed by atoms with Crippen LogP contribution in [0.1, 0.15) is 21.5 Å². The number of hydrogen-bond acceptors (Lipinski definition) is 8. The van der Waals surface area contributed by atoms with Crippen LogP contribution in [-0.4, -0.2) is 74.6 Å². The molecule has 10 heteroatoms. The molecule has 0 aliphatic carbocycles. The summed E-state index contributed by atoms with van der Waals surface area (Å²) in [6, 6.07) is 17.4. The number of nitrogens with zero attached hydrogens (tertiary/aromatic N) is 6. The van der Waals surface area contributed by atoms with Gasteiger partial charge in [-0.3, -0.25) is 9.59 Å². The zero-order valence-electron chi connectivity index (χ0n) is 25.7. The van der Waals surface area contributed by atoms with Crippen LogP contribution in [0.3, 0.4) is 0 Å². The Hall–Kier alpha value is -4.67. The van der Waals surface area contributed by atoms with Gasteiger partial charge in [0.25, 0.3) is 11.5 Å². The molecule has 1 saturated heterocycles. The van der Waals surface area contributed by atoms with Crippen molar-refractivity contribution in [1.29, 1.82) is 0 Å². The van der Waals surface area contributed by atoms with Gasteiger partial charge in [0, 0.05) is 76.4 Å². The molecule has 0 atom stereocenters. The lowest BCUT2D eigenvalue weighted by Crippen LogP contribution is -2.38. The number of hydrogen-bond donors (Lipinski definition) is 1. The lowest BCUT2D eigenvalue weighted by molar-refractivity contribution is 0.0980. The SMILES string of the molecule is CN(C)c1ccc2c(c1)CCN(c1cccc(-c3cc(N(C)c4ccc(N5CCOCC5)cn4)c(=O)n(C)c3)c1CO)C2=O. The molecule has 1 fully saturated rings. The molecule has 10 nitrogen and oxygen atoms in total. The van der Waals surface area contributed by atoms with Crippen molar-refractivity contribution < 1.29 is 14.6 Å². The van der Waals surface area contributed by atoms with Gasteiger partial charge in [-0.05, 0) is 60.0 Å². The molecule has 0 bridgehead atoms. The van der Waals surface area contributed by atoms with Crippen LogP contribution in [-0.2, 0) is 24.8 Å². The second-order valence-corrected chi connectivity index (χ2v) is 11.5. The third kappa shape index (κ3) is 5.42. The molecule has 1 N–H and O–H groups in total. The summed E-state index contributed by atoms with van der Waals surface area (Å²) in [5.74, 6) is 0.554. The smallest absolute Gasteiger partial charge is 0.274 e. The Morgan fingerprint density at radius 2 is 1.75 bits per heavy atom. The Morgan fingerprint density at radius 1 is 0.955 bits per heavy atom. The van der Waals surface area contributed by atoms with E-state index in [2.05, 4.69) is 16.0 Å². The van der Waals surface area contributed by atoms with Crippen molar-refractivity contribution in [2.75, 3.05) is 73.6 Å². The van der Waals surface area contributed by atoms with Crippen LogP contribution in [0.4, 0.5) is 28.6 Å². The molecular weight excluding hydrogens is 556 g/mol. The van der Waals surface area contributed by atoms with Crippen molar-refractivity contribution >= 4 is 34.5 Å². The highest BCUT2D eigenvalue weighted by atomic mass is 16.5. The Labute approximate surface area is 257 Å². The highest BCUT2D eigenvalue weighted by Crippen LogP contribution is 2.36. The highest BCUT2D eigenvalue weighted by Gasteiger charge is 2.28. The molecule has 2 aliphatic heterocycles. The van der Waals surface area contributed by atoms with Gasteiger partial charge in [0.2, 0.25) is 0 Å². The molecule has 0 saturated carbocycles. The first-order valence-electron chi connectivity index (χ1n) is 14.8. The van der Waals surface area contributed by atoms with Gasteiger partial charge in [-0.25, -0.2) is 4.98 Å². The molecule has 4 aromatic rings. The molecule has 228 valence electrons. The lowest BCUT2D eigenvalue weighted by atomic mass is 9.94. The Bertz CT molecular complexity index is 1740. The van der Waals surface area contributed by atoms with Crippen LogP contribution in [0.2, 0.25) is 0 Å². The largest absolute Gasteiger partial charge is 0.392 e. The fourth-order valence-corrected chi connectivity index (χ4v) is 6.04. The van der Waals surface area contributed by atoms with Crippen molar-refractivity contribution in [2.24, 2.45) is 7.05 Å². The predicted molar refractivity (Wildman–Crippen MR) is 175 cm³/mol. The number of rotatable bonds is 7. The molecule has 6 rings (SSSR count). The third-order valence-corrected chi connectivity index (χ3v) is 8.57. The predicted octanol–water partition coefficient (Wildman–Crippen LogP) is 3.81. The molecule has 2 aromatic carbocycles. The maximum absolute atomic E-state index is 13.7. The molecule has 1 amide bonds. The van der Waals surface area contributed by atoms with E-state index in [-0.39, 0.29) is 18.1 Å². The van der Waals surface area contributed by atoms with E-state index in [0.29, 0.717) is 54.5 Å². The maximum Gasteiger partial charge on any atom is 0.274 e. The van der Waals surface area contributed by atoms with E-state index in [0.717, 1.165) is 41.2 Å². The summed E-state index contributed by atoms with van der Waals surface area (Å²) in [7, 11) is 7.51. The number of aliphatic hydroxyl groups is 1. The zero-order chi connectivity index (χ0) is 31.0. The molecule has 0 radical (unpaired) electrons. The topological polar surface area (TPSA) is 94.4 Å². The van der Waals surface area contributed by atoms with Gasteiger partial charge in [-0.15, -0.1) is 0 Å². The van der Waals surface area contributed by atoms with E-state index >= 15 is 0 Å². The van der Waals surface area contributed by atoms with Gasteiger partial charge in [-0.1, -0.05) is 12.1 Å². The monoisotopic (exact) mass is 594 g/mol. The van der Waals surface area contributed by atoms with Crippen LogP contribution < -0.4 is 25.2 Å². The number of fused-ring (bicyclic) bond motifs is 1. The van der Waals surface area contributed by atoms with Gasteiger partial charge >= 0.3 is 0 Å². The Balaban J connectivity index is 1.33. The first-order valence-corrected chi connectivity index (χ1v) is 14.8. The third-order valence-electron chi connectivity index (χ3n) is 8.57. The summed E-state index contributed by atoms with van der Waals surface area (Å²) in [5.41, 5.74) is 6.87. The van der Waals surface area contributed by atoms with Crippen molar-refractivity contribution in [3.05, 3.63) is 94.0 Å². The Kier molecular flexibility index (Phi) is 8.11. The van der Waals surface area contributed by atoms with Gasteiger partial charge < -0.3 is 34.0 Å². The van der Waals surface area contributed by atoms with E-state index in [1.807, 2.05) is 80.8 Å². The standard InChI is InChI=1S/C34H38N6O4/c1-36(2)25-8-10-28-23(18-25)12-13-40(33(28)42)30-7-5-6-27(29(30)22-41)24-19-31(34(43)37(3)21-24)38(4)32-11-9-26(20-35-32)39-14-16-44-17-15-39/h5-11,18-21,41H,12-17,22H2,1-4H3. The number of aliphatic hydroxyl groups excluding tert-OH is 1. The van der Waals surface area contributed by atoms with E-state index in [1.165, 1.54) is 0 Å². The molecular formula is C34H38N6O4. The summed E-state index contributed by atoms with van der Waals surface area (Å²) >= 11 is 0.